The molecule has 0 spiro atoms. The van der Waals surface area contributed by atoms with E-state index < -0.39 is 0 Å². The van der Waals surface area contributed by atoms with E-state index >= 15 is 0 Å². The average Bonchev–Trinajstić information content (AvgIpc) is 3.20. The smallest absolute Gasteiger partial charge is 0.105 e. The molecule has 4 rings (SSSR count). The molecule has 1 aliphatic rings. The minimum atomic E-state index is 0.396. The number of nitrogens with zero attached hydrogens (tertiary/aromatic N) is 4. The van der Waals surface area contributed by atoms with Gasteiger partial charge in [-0.3, -0.25) is 10.00 Å². The van der Waals surface area contributed by atoms with Crippen LogP contribution in [0.5, 0.6) is 0 Å². The normalized spacial score (nSPS) is 16.3. The fraction of sp³-hybridized carbons (Fsp3) is 0.471. The van der Waals surface area contributed by atoms with Gasteiger partial charge in [-0.2, -0.15) is 13.8 Å². The number of rotatable bonds is 2. The van der Waals surface area contributed by atoms with Crippen LogP contribution in [0.2, 0.25) is 0 Å². The van der Waals surface area contributed by atoms with Crippen LogP contribution in [0.25, 0.3) is 11.0 Å². The highest BCUT2D eigenvalue weighted by atomic mass is 32.1. The van der Waals surface area contributed by atoms with E-state index in [-0.39, 0.29) is 0 Å². The van der Waals surface area contributed by atoms with Crippen LogP contribution in [-0.2, 0) is 12.8 Å². The molecule has 23 heavy (non-hydrogen) atoms. The van der Waals surface area contributed by atoms with Gasteiger partial charge < -0.3 is 0 Å². The van der Waals surface area contributed by atoms with E-state index in [0.29, 0.717) is 6.04 Å². The third-order valence-corrected chi connectivity index (χ3v) is 4.99. The molecule has 1 N–H and O–H groups in total. The third-order valence-electron chi connectivity index (χ3n) is 4.43. The molecule has 1 aliphatic heterocycles. The van der Waals surface area contributed by atoms with Crippen molar-refractivity contribution < 1.29 is 0 Å². The van der Waals surface area contributed by atoms with Gasteiger partial charge in [-0.25, -0.2) is 0 Å². The van der Waals surface area contributed by atoms with Crippen molar-refractivity contribution in [2.75, 3.05) is 13.1 Å². The van der Waals surface area contributed by atoms with E-state index in [2.05, 4.69) is 49.0 Å². The van der Waals surface area contributed by atoms with Crippen LogP contribution in [0.1, 0.15) is 43.6 Å². The summed E-state index contributed by atoms with van der Waals surface area (Å²) < 4.78 is 8.62. The first-order valence-electron chi connectivity index (χ1n) is 8.28. The van der Waals surface area contributed by atoms with Gasteiger partial charge in [0.05, 0.1) is 17.9 Å². The van der Waals surface area contributed by atoms with Crippen molar-refractivity contribution in [3.8, 4) is 0 Å². The lowest BCUT2D eigenvalue weighted by molar-refractivity contribution is 0.220. The molecule has 0 saturated heterocycles. The Balaban J connectivity index is 0.000000753. The van der Waals surface area contributed by atoms with Gasteiger partial charge in [-0.05, 0) is 36.6 Å². The molecule has 1 aromatic carbocycles. The Hall–Kier alpha value is -1.79. The number of nitrogens with one attached hydrogen (secondary N) is 1. The average molecular weight is 329 g/mol. The van der Waals surface area contributed by atoms with Gasteiger partial charge in [-0.1, -0.05) is 19.9 Å². The number of hydrogen-bond donors (Lipinski definition) is 1. The van der Waals surface area contributed by atoms with E-state index in [1.54, 1.807) is 0 Å². The Labute approximate surface area is 141 Å². The standard InChI is InChI=1S/C15H17N5S.C2H6/c1-10(11-2-3-14-15(8-11)19-21-18-14)20-6-4-12-9-16-17-13(12)5-7-20;1-2/h2-3,8-10H,4-7H2,1H3,(H,16,17);1-2H3. The van der Waals surface area contributed by atoms with E-state index in [0.717, 1.165) is 37.0 Å². The van der Waals surface area contributed by atoms with Gasteiger partial charge >= 0.3 is 0 Å². The first-order valence-corrected chi connectivity index (χ1v) is 9.01. The topological polar surface area (TPSA) is 57.7 Å². The van der Waals surface area contributed by atoms with Crippen molar-refractivity contribution in [3.63, 3.8) is 0 Å². The van der Waals surface area contributed by atoms with Crippen LogP contribution in [0, 0.1) is 0 Å². The number of benzene rings is 1. The molecule has 6 heteroatoms. The Morgan fingerprint density at radius 3 is 2.78 bits per heavy atom. The molecular weight excluding hydrogens is 306 g/mol. The zero-order valence-corrected chi connectivity index (χ0v) is 14.7. The fourth-order valence-electron chi connectivity index (χ4n) is 3.06. The highest BCUT2D eigenvalue weighted by Crippen LogP contribution is 2.26. The summed E-state index contributed by atoms with van der Waals surface area (Å²) in [6.45, 7) is 8.41. The summed E-state index contributed by atoms with van der Waals surface area (Å²) in [5, 5.41) is 7.27. The first-order chi connectivity index (χ1) is 11.3. The molecule has 122 valence electrons. The summed E-state index contributed by atoms with van der Waals surface area (Å²) in [6.07, 6.45) is 4.08. The van der Waals surface area contributed by atoms with Crippen LogP contribution in [-0.4, -0.2) is 36.9 Å². The molecule has 2 aromatic heterocycles. The van der Waals surface area contributed by atoms with E-state index in [4.69, 9.17) is 0 Å². The maximum absolute atomic E-state index is 4.35. The Morgan fingerprint density at radius 2 is 1.91 bits per heavy atom. The largest absolute Gasteiger partial charge is 0.296 e. The van der Waals surface area contributed by atoms with Crippen LogP contribution in [0.4, 0.5) is 0 Å². The SMILES string of the molecule is CC.CC(c1ccc2nsnc2c1)N1CCc2cn[nH]c2CC1. The maximum atomic E-state index is 4.35. The Kier molecular flexibility index (Phi) is 5.03. The van der Waals surface area contributed by atoms with Gasteiger partial charge in [0.2, 0.25) is 0 Å². The van der Waals surface area contributed by atoms with Crippen molar-refractivity contribution in [1.29, 1.82) is 0 Å². The lowest BCUT2D eigenvalue weighted by Gasteiger charge is -2.27. The van der Waals surface area contributed by atoms with Crippen molar-refractivity contribution in [2.45, 2.75) is 39.7 Å². The second-order valence-corrected chi connectivity index (χ2v) is 6.13. The van der Waals surface area contributed by atoms with Crippen LogP contribution in [0.3, 0.4) is 0 Å². The summed E-state index contributed by atoms with van der Waals surface area (Å²) in [7, 11) is 0. The Bertz CT molecular complexity index is 741. The molecule has 0 bridgehead atoms. The van der Waals surface area contributed by atoms with Crippen molar-refractivity contribution in [2.24, 2.45) is 0 Å². The molecule has 0 radical (unpaired) electrons. The molecule has 1 unspecified atom stereocenters. The fourth-order valence-corrected chi connectivity index (χ4v) is 3.58. The monoisotopic (exact) mass is 329 g/mol. The zero-order chi connectivity index (χ0) is 16.2. The van der Waals surface area contributed by atoms with Crippen molar-refractivity contribution >= 4 is 22.8 Å². The van der Waals surface area contributed by atoms with Crippen LogP contribution < -0.4 is 0 Å². The van der Waals surface area contributed by atoms with Crippen LogP contribution >= 0.6 is 11.7 Å². The first kappa shape index (κ1) is 16.1. The van der Waals surface area contributed by atoms with Crippen molar-refractivity contribution in [1.82, 2.24) is 23.8 Å². The highest BCUT2D eigenvalue weighted by molar-refractivity contribution is 7.00. The van der Waals surface area contributed by atoms with Gasteiger partial charge in [0.1, 0.15) is 11.0 Å². The van der Waals surface area contributed by atoms with Gasteiger partial charge in [0, 0.05) is 31.2 Å². The summed E-state index contributed by atoms with van der Waals surface area (Å²) in [5.41, 5.74) is 5.98. The van der Waals surface area contributed by atoms with Gasteiger partial charge in [0.25, 0.3) is 0 Å². The summed E-state index contributed by atoms with van der Waals surface area (Å²) in [4.78, 5) is 2.54. The molecule has 0 aliphatic carbocycles. The predicted molar refractivity (Wildman–Crippen MR) is 94.7 cm³/mol. The second-order valence-electron chi connectivity index (χ2n) is 5.60. The summed E-state index contributed by atoms with van der Waals surface area (Å²) in [6, 6.07) is 6.83. The molecular formula is C17H23N5S. The minimum Gasteiger partial charge on any atom is -0.296 e. The summed E-state index contributed by atoms with van der Waals surface area (Å²) in [5.74, 6) is 0. The zero-order valence-electron chi connectivity index (χ0n) is 13.9. The van der Waals surface area contributed by atoms with E-state index in [1.807, 2.05) is 20.0 Å². The second kappa shape index (κ2) is 7.19. The van der Waals surface area contributed by atoms with Gasteiger partial charge in [-0.15, -0.1) is 0 Å². The molecule has 3 heterocycles. The van der Waals surface area contributed by atoms with Crippen LogP contribution in [0.15, 0.2) is 24.4 Å². The lowest BCUT2D eigenvalue weighted by Crippen LogP contribution is -2.29. The molecule has 0 amide bonds. The summed E-state index contributed by atoms with van der Waals surface area (Å²) >= 11 is 1.28. The van der Waals surface area contributed by atoms with Crippen molar-refractivity contribution in [3.05, 3.63) is 41.2 Å². The number of aromatic amines is 1. The van der Waals surface area contributed by atoms with Gasteiger partial charge in [0.15, 0.2) is 0 Å². The number of fused-ring (bicyclic) bond motifs is 2. The minimum absolute atomic E-state index is 0.396. The number of H-pyrrole nitrogens is 1. The third kappa shape index (κ3) is 3.28. The van der Waals surface area contributed by atoms with E-state index in [1.165, 1.54) is 28.5 Å². The molecule has 3 aromatic rings. The molecule has 0 fully saturated rings. The Morgan fingerprint density at radius 1 is 1.13 bits per heavy atom. The number of aromatic nitrogens is 4. The quantitative estimate of drug-likeness (QED) is 0.780. The highest BCUT2D eigenvalue weighted by Gasteiger charge is 2.21. The predicted octanol–water partition coefficient (Wildman–Crippen LogP) is 3.60. The molecule has 1 atom stereocenters. The lowest BCUT2D eigenvalue weighted by atomic mass is 10.1. The maximum Gasteiger partial charge on any atom is 0.105 e. The molecule has 0 saturated carbocycles. The molecule has 5 nitrogen and oxygen atoms in total. The van der Waals surface area contributed by atoms with E-state index in [9.17, 15) is 0 Å². The number of hydrogen-bond acceptors (Lipinski definition) is 5.